The van der Waals surface area contributed by atoms with Crippen LogP contribution in [0.3, 0.4) is 0 Å². The standard InChI is InChI=1S/C18H22FN3O2/c1-13(23)22(2)12-16-20-17(21-24-16)18(10-4-3-5-11-18)14-6-8-15(19)9-7-14/h6-9H,3-5,10-12H2,1-2H3. The Morgan fingerprint density at radius 3 is 2.54 bits per heavy atom. The molecule has 1 fully saturated rings. The number of hydrogen-bond acceptors (Lipinski definition) is 4. The zero-order valence-electron chi connectivity index (χ0n) is 14.1. The Morgan fingerprint density at radius 2 is 1.92 bits per heavy atom. The third-order valence-electron chi connectivity index (χ3n) is 4.91. The molecule has 1 amide bonds. The molecule has 0 saturated heterocycles. The van der Waals surface area contributed by atoms with Crippen molar-refractivity contribution in [1.29, 1.82) is 0 Å². The number of benzene rings is 1. The predicted octanol–water partition coefficient (Wildman–Crippen LogP) is 3.44. The number of amides is 1. The molecule has 0 atom stereocenters. The number of hydrogen-bond donors (Lipinski definition) is 0. The molecule has 0 N–H and O–H groups in total. The normalized spacial score (nSPS) is 16.8. The third-order valence-corrected chi connectivity index (χ3v) is 4.91. The predicted molar refractivity (Wildman–Crippen MR) is 86.7 cm³/mol. The fourth-order valence-electron chi connectivity index (χ4n) is 3.39. The summed E-state index contributed by atoms with van der Waals surface area (Å²) in [5.74, 6) is 0.762. The summed E-state index contributed by atoms with van der Waals surface area (Å²) in [6.07, 6.45) is 5.17. The second kappa shape index (κ2) is 6.71. The minimum Gasteiger partial charge on any atom is -0.337 e. The highest BCUT2D eigenvalue weighted by molar-refractivity contribution is 5.72. The van der Waals surface area contributed by atoms with E-state index in [9.17, 15) is 9.18 Å². The summed E-state index contributed by atoms with van der Waals surface area (Å²) in [6.45, 7) is 1.79. The monoisotopic (exact) mass is 331 g/mol. The SMILES string of the molecule is CC(=O)N(C)Cc1nc(C2(c3ccc(F)cc3)CCCCC2)no1. The van der Waals surface area contributed by atoms with Crippen LogP contribution in [0.2, 0.25) is 0 Å². The molecular weight excluding hydrogens is 309 g/mol. The highest BCUT2D eigenvalue weighted by atomic mass is 19.1. The molecule has 1 heterocycles. The lowest BCUT2D eigenvalue weighted by molar-refractivity contribution is -0.128. The lowest BCUT2D eigenvalue weighted by atomic mass is 9.69. The average molecular weight is 331 g/mol. The van der Waals surface area contributed by atoms with E-state index in [1.165, 1.54) is 30.4 Å². The first-order valence-corrected chi connectivity index (χ1v) is 8.32. The van der Waals surface area contributed by atoms with Gasteiger partial charge in [0.15, 0.2) is 5.82 Å². The van der Waals surface area contributed by atoms with E-state index in [1.807, 2.05) is 12.1 Å². The average Bonchev–Trinajstić information content (AvgIpc) is 3.05. The van der Waals surface area contributed by atoms with Gasteiger partial charge >= 0.3 is 0 Å². The number of carbonyl (C=O) groups is 1. The Labute approximate surface area is 140 Å². The van der Waals surface area contributed by atoms with Gasteiger partial charge in [-0.2, -0.15) is 4.98 Å². The fraction of sp³-hybridized carbons (Fsp3) is 0.500. The summed E-state index contributed by atoms with van der Waals surface area (Å²) in [4.78, 5) is 17.5. The Balaban J connectivity index is 1.93. The van der Waals surface area contributed by atoms with Crippen LogP contribution >= 0.6 is 0 Å². The summed E-state index contributed by atoms with van der Waals surface area (Å²) in [5.41, 5.74) is 0.693. The Bertz CT molecular complexity index is 705. The lowest BCUT2D eigenvalue weighted by Crippen LogP contribution is -2.32. The van der Waals surface area contributed by atoms with E-state index in [-0.39, 0.29) is 17.1 Å². The molecule has 6 heteroatoms. The van der Waals surface area contributed by atoms with Gasteiger partial charge in [0.2, 0.25) is 11.8 Å². The number of rotatable bonds is 4. The molecule has 5 nitrogen and oxygen atoms in total. The Hall–Kier alpha value is -2.24. The van der Waals surface area contributed by atoms with Crippen molar-refractivity contribution in [2.45, 2.75) is 51.0 Å². The maximum absolute atomic E-state index is 13.3. The highest BCUT2D eigenvalue weighted by Gasteiger charge is 2.40. The van der Waals surface area contributed by atoms with E-state index >= 15 is 0 Å². The van der Waals surface area contributed by atoms with Gasteiger partial charge in [-0.15, -0.1) is 0 Å². The molecule has 0 spiro atoms. The van der Waals surface area contributed by atoms with Gasteiger partial charge in [-0.05, 0) is 30.5 Å². The van der Waals surface area contributed by atoms with E-state index in [4.69, 9.17) is 4.52 Å². The summed E-state index contributed by atoms with van der Waals surface area (Å²) in [5, 5.41) is 4.21. The molecule has 1 saturated carbocycles. The first-order valence-electron chi connectivity index (χ1n) is 8.32. The van der Waals surface area contributed by atoms with Crippen molar-refractivity contribution in [2.24, 2.45) is 0 Å². The molecule has 0 aliphatic heterocycles. The maximum Gasteiger partial charge on any atom is 0.246 e. The molecule has 128 valence electrons. The Morgan fingerprint density at radius 1 is 1.25 bits per heavy atom. The quantitative estimate of drug-likeness (QED) is 0.861. The van der Waals surface area contributed by atoms with Crippen molar-refractivity contribution >= 4 is 5.91 Å². The van der Waals surface area contributed by atoms with Crippen LogP contribution in [0.25, 0.3) is 0 Å². The fourth-order valence-corrected chi connectivity index (χ4v) is 3.39. The number of carbonyl (C=O) groups excluding carboxylic acids is 1. The van der Waals surface area contributed by atoms with E-state index < -0.39 is 0 Å². The third kappa shape index (κ3) is 3.18. The molecule has 0 unspecified atom stereocenters. The van der Waals surface area contributed by atoms with Gasteiger partial charge in [0, 0.05) is 14.0 Å². The van der Waals surface area contributed by atoms with E-state index in [2.05, 4.69) is 10.1 Å². The second-order valence-corrected chi connectivity index (χ2v) is 6.54. The van der Waals surface area contributed by atoms with Crippen molar-refractivity contribution in [3.05, 3.63) is 47.4 Å². The molecule has 1 aromatic carbocycles. The summed E-state index contributed by atoms with van der Waals surface area (Å²) in [6, 6.07) is 6.60. The van der Waals surface area contributed by atoms with Crippen LogP contribution in [0.1, 0.15) is 56.3 Å². The van der Waals surface area contributed by atoms with Crippen LogP contribution in [0, 0.1) is 5.82 Å². The van der Waals surface area contributed by atoms with Gasteiger partial charge in [-0.1, -0.05) is 36.6 Å². The highest BCUT2D eigenvalue weighted by Crippen LogP contribution is 2.43. The van der Waals surface area contributed by atoms with E-state index in [0.717, 1.165) is 31.2 Å². The summed E-state index contributed by atoms with van der Waals surface area (Å²) >= 11 is 0. The van der Waals surface area contributed by atoms with Crippen LogP contribution < -0.4 is 0 Å². The van der Waals surface area contributed by atoms with Gasteiger partial charge in [0.1, 0.15) is 5.82 Å². The molecular formula is C18H22FN3O2. The first kappa shape index (κ1) is 16.6. The van der Waals surface area contributed by atoms with Gasteiger partial charge in [0.25, 0.3) is 0 Å². The number of aromatic nitrogens is 2. The van der Waals surface area contributed by atoms with Crippen LogP contribution in [-0.2, 0) is 16.8 Å². The zero-order valence-corrected chi connectivity index (χ0v) is 14.1. The Kier molecular flexibility index (Phi) is 4.64. The molecule has 0 bridgehead atoms. The van der Waals surface area contributed by atoms with Crippen molar-refractivity contribution in [2.75, 3.05) is 7.05 Å². The zero-order chi connectivity index (χ0) is 17.2. The van der Waals surface area contributed by atoms with Gasteiger partial charge in [-0.25, -0.2) is 4.39 Å². The first-order chi connectivity index (χ1) is 11.5. The number of halogens is 1. The van der Waals surface area contributed by atoms with Crippen molar-refractivity contribution in [1.82, 2.24) is 15.0 Å². The van der Waals surface area contributed by atoms with Crippen molar-refractivity contribution < 1.29 is 13.7 Å². The molecule has 1 aliphatic carbocycles. The molecule has 24 heavy (non-hydrogen) atoms. The topological polar surface area (TPSA) is 59.2 Å². The van der Waals surface area contributed by atoms with Crippen molar-refractivity contribution in [3.63, 3.8) is 0 Å². The van der Waals surface area contributed by atoms with Crippen LogP contribution in [0.5, 0.6) is 0 Å². The number of nitrogens with zero attached hydrogens (tertiary/aromatic N) is 3. The van der Waals surface area contributed by atoms with Gasteiger partial charge in [0.05, 0.1) is 12.0 Å². The van der Waals surface area contributed by atoms with Crippen LogP contribution in [-0.4, -0.2) is 28.0 Å². The lowest BCUT2D eigenvalue weighted by Gasteiger charge is -2.35. The molecule has 1 aliphatic rings. The van der Waals surface area contributed by atoms with E-state index in [1.54, 1.807) is 7.05 Å². The molecule has 0 radical (unpaired) electrons. The van der Waals surface area contributed by atoms with Gasteiger partial charge < -0.3 is 9.42 Å². The summed E-state index contributed by atoms with van der Waals surface area (Å²) in [7, 11) is 1.70. The smallest absolute Gasteiger partial charge is 0.246 e. The van der Waals surface area contributed by atoms with Crippen molar-refractivity contribution in [3.8, 4) is 0 Å². The van der Waals surface area contributed by atoms with Gasteiger partial charge in [-0.3, -0.25) is 4.79 Å². The maximum atomic E-state index is 13.3. The minimum atomic E-state index is -0.331. The summed E-state index contributed by atoms with van der Waals surface area (Å²) < 4.78 is 18.7. The molecule has 2 aromatic rings. The molecule has 1 aromatic heterocycles. The van der Waals surface area contributed by atoms with Crippen LogP contribution in [0.15, 0.2) is 28.8 Å². The van der Waals surface area contributed by atoms with Crippen LogP contribution in [0.4, 0.5) is 4.39 Å². The molecule has 3 rings (SSSR count). The van der Waals surface area contributed by atoms with E-state index in [0.29, 0.717) is 18.3 Å². The minimum absolute atomic E-state index is 0.0549. The largest absolute Gasteiger partial charge is 0.337 e. The second-order valence-electron chi connectivity index (χ2n) is 6.54.